The van der Waals surface area contributed by atoms with Crippen LogP contribution in [0.3, 0.4) is 0 Å². The minimum atomic E-state index is -3.50. The van der Waals surface area contributed by atoms with Crippen molar-refractivity contribution in [3.8, 4) is 11.8 Å². The number of hydrogen-bond donors (Lipinski definition) is 1. The quantitative estimate of drug-likeness (QED) is 0.855. The van der Waals surface area contributed by atoms with Crippen LogP contribution in [-0.2, 0) is 10.0 Å². The molecule has 0 bridgehead atoms. The van der Waals surface area contributed by atoms with Gasteiger partial charge in [-0.25, -0.2) is 8.42 Å². The van der Waals surface area contributed by atoms with Crippen LogP contribution in [0.15, 0.2) is 23.4 Å². The summed E-state index contributed by atoms with van der Waals surface area (Å²) in [6.07, 6.45) is 6.70. The third-order valence-corrected chi connectivity index (χ3v) is 5.62. The predicted octanol–water partition coefficient (Wildman–Crippen LogP) is 1.35. The van der Waals surface area contributed by atoms with Gasteiger partial charge < -0.3 is 5.73 Å². The molecular formula is C15H21N3O2S. The van der Waals surface area contributed by atoms with Gasteiger partial charge in [0.05, 0.1) is 6.54 Å². The average Bonchev–Trinajstić information content (AvgIpc) is 2.53. The van der Waals surface area contributed by atoms with Crippen molar-refractivity contribution < 1.29 is 8.42 Å². The Morgan fingerprint density at radius 2 is 2.24 bits per heavy atom. The van der Waals surface area contributed by atoms with E-state index in [4.69, 9.17) is 5.73 Å². The fourth-order valence-corrected chi connectivity index (χ4v) is 4.37. The van der Waals surface area contributed by atoms with E-state index >= 15 is 0 Å². The van der Waals surface area contributed by atoms with E-state index in [0.29, 0.717) is 12.1 Å². The second-order valence-corrected chi connectivity index (χ2v) is 6.98. The third kappa shape index (κ3) is 3.62. The van der Waals surface area contributed by atoms with Gasteiger partial charge in [0.1, 0.15) is 4.90 Å². The minimum Gasteiger partial charge on any atom is -0.320 e. The Labute approximate surface area is 126 Å². The Morgan fingerprint density at radius 1 is 1.43 bits per heavy atom. The van der Waals surface area contributed by atoms with Crippen LogP contribution in [-0.4, -0.2) is 36.8 Å². The average molecular weight is 307 g/mol. The molecule has 1 aromatic rings. The van der Waals surface area contributed by atoms with Gasteiger partial charge in [-0.05, 0) is 25.3 Å². The molecule has 2 heterocycles. The van der Waals surface area contributed by atoms with Crippen molar-refractivity contribution in [3.05, 3.63) is 24.0 Å². The number of pyridine rings is 1. The zero-order valence-corrected chi connectivity index (χ0v) is 13.1. The molecule has 1 saturated heterocycles. The van der Waals surface area contributed by atoms with Crippen molar-refractivity contribution in [1.29, 1.82) is 0 Å². The first kappa shape index (κ1) is 16.0. The number of hydrogen-bond acceptors (Lipinski definition) is 4. The summed E-state index contributed by atoms with van der Waals surface area (Å²) in [6.45, 7) is 2.85. The van der Waals surface area contributed by atoms with Crippen LogP contribution in [0.5, 0.6) is 0 Å². The molecule has 1 fully saturated rings. The van der Waals surface area contributed by atoms with Crippen LogP contribution in [0.1, 0.15) is 38.2 Å². The van der Waals surface area contributed by atoms with Crippen LogP contribution in [0.25, 0.3) is 0 Å². The molecule has 2 N–H and O–H groups in total. The van der Waals surface area contributed by atoms with E-state index in [1.54, 1.807) is 16.6 Å². The molecule has 5 nitrogen and oxygen atoms in total. The van der Waals surface area contributed by atoms with Crippen molar-refractivity contribution in [2.45, 2.75) is 43.5 Å². The Bertz CT molecular complexity index is 646. The van der Waals surface area contributed by atoms with E-state index in [2.05, 4.69) is 16.8 Å². The highest BCUT2D eigenvalue weighted by molar-refractivity contribution is 7.89. The molecule has 2 rings (SSSR count). The Morgan fingerprint density at radius 3 is 2.95 bits per heavy atom. The molecule has 0 saturated carbocycles. The summed E-state index contributed by atoms with van der Waals surface area (Å²) in [6, 6.07) is 1.66. The molecular weight excluding hydrogens is 286 g/mol. The largest absolute Gasteiger partial charge is 0.320 e. The van der Waals surface area contributed by atoms with Gasteiger partial charge in [0, 0.05) is 30.5 Å². The molecule has 114 valence electrons. The first-order valence-electron chi connectivity index (χ1n) is 7.25. The molecule has 1 unspecified atom stereocenters. The summed E-state index contributed by atoms with van der Waals surface area (Å²) in [4.78, 5) is 4.21. The van der Waals surface area contributed by atoms with Gasteiger partial charge in [0.25, 0.3) is 0 Å². The van der Waals surface area contributed by atoms with Gasteiger partial charge in [-0.1, -0.05) is 25.2 Å². The van der Waals surface area contributed by atoms with Gasteiger partial charge in [0.2, 0.25) is 10.0 Å². The van der Waals surface area contributed by atoms with Crippen molar-refractivity contribution in [1.82, 2.24) is 9.29 Å². The summed E-state index contributed by atoms with van der Waals surface area (Å²) in [5.74, 6) is 5.54. The molecule has 1 aromatic heterocycles. The number of rotatable bonds is 3. The summed E-state index contributed by atoms with van der Waals surface area (Å²) >= 11 is 0. The number of aromatic nitrogens is 1. The predicted molar refractivity (Wildman–Crippen MR) is 82.0 cm³/mol. The number of nitrogens with two attached hydrogens (primary N) is 1. The third-order valence-electron chi connectivity index (χ3n) is 3.70. The van der Waals surface area contributed by atoms with E-state index in [1.807, 2.05) is 6.92 Å². The van der Waals surface area contributed by atoms with E-state index in [-0.39, 0.29) is 17.5 Å². The van der Waals surface area contributed by atoms with Crippen LogP contribution < -0.4 is 5.73 Å². The molecule has 6 heteroatoms. The van der Waals surface area contributed by atoms with Gasteiger partial charge >= 0.3 is 0 Å². The molecule has 0 amide bonds. The monoisotopic (exact) mass is 307 g/mol. The lowest BCUT2D eigenvalue weighted by atomic mass is 10.0. The summed E-state index contributed by atoms with van der Waals surface area (Å²) in [5.41, 5.74) is 5.91. The van der Waals surface area contributed by atoms with Crippen LogP contribution in [0.2, 0.25) is 0 Å². The maximum atomic E-state index is 12.8. The Hall–Kier alpha value is -1.42. The topological polar surface area (TPSA) is 76.3 Å². The minimum absolute atomic E-state index is 0.0857. The fraction of sp³-hybridized carbons (Fsp3) is 0.533. The number of nitrogens with zero attached hydrogens (tertiary/aromatic N) is 2. The zero-order chi connectivity index (χ0) is 15.3. The lowest BCUT2D eigenvalue weighted by Gasteiger charge is -2.34. The lowest BCUT2D eigenvalue weighted by Crippen LogP contribution is -2.43. The second kappa shape index (κ2) is 7.03. The first-order valence-corrected chi connectivity index (χ1v) is 8.69. The molecule has 21 heavy (non-hydrogen) atoms. The van der Waals surface area contributed by atoms with Gasteiger partial charge in [-0.15, -0.1) is 0 Å². The van der Waals surface area contributed by atoms with Crippen LogP contribution in [0, 0.1) is 11.8 Å². The highest BCUT2D eigenvalue weighted by Crippen LogP contribution is 2.26. The standard InChI is InChI=1S/C15H21N3O2S/c1-2-14-7-3-4-9-18(14)21(19,20)15-10-13(6-5-8-16)11-17-12-15/h10-12,14H,2-4,7-9,16H2,1H3. The van der Waals surface area contributed by atoms with E-state index in [0.717, 1.165) is 25.7 Å². The van der Waals surface area contributed by atoms with Crippen molar-refractivity contribution >= 4 is 10.0 Å². The lowest BCUT2D eigenvalue weighted by molar-refractivity contribution is 0.246. The Balaban J connectivity index is 2.34. The molecule has 1 atom stereocenters. The highest BCUT2D eigenvalue weighted by atomic mass is 32.2. The zero-order valence-electron chi connectivity index (χ0n) is 12.2. The summed E-state index contributed by atoms with van der Waals surface area (Å²) < 4.78 is 27.2. The van der Waals surface area contributed by atoms with Gasteiger partial charge in [-0.2, -0.15) is 4.31 Å². The maximum Gasteiger partial charge on any atom is 0.244 e. The second-order valence-electron chi connectivity index (χ2n) is 5.09. The molecule has 0 aromatic carbocycles. The van der Waals surface area contributed by atoms with Crippen molar-refractivity contribution in [2.75, 3.05) is 13.1 Å². The van der Waals surface area contributed by atoms with E-state index in [1.165, 1.54) is 6.20 Å². The Kier molecular flexibility index (Phi) is 5.34. The summed E-state index contributed by atoms with van der Waals surface area (Å²) in [5, 5.41) is 0. The first-order chi connectivity index (χ1) is 10.1. The molecule has 1 aliphatic heterocycles. The summed E-state index contributed by atoms with van der Waals surface area (Å²) in [7, 11) is -3.50. The SMILES string of the molecule is CCC1CCCCN1S(=O)(=O)c1cncc(C#CCN)c1. The number of piperidine rings is 1. The maximum absolute atomic E-state index is 12.8. The van der Waals surface area contributed by atoms with E-state index in [9.17, 15) is 8.42 Å². The van der Waals surface area contributed by atoms with Gasteiger partial charge in [0.15, 0.2) is 0 Å². The highest BCUT2D eigenvalue weighted by Gasteiger charge is 2.32. The van der Waals surface area contributed by atoms with Gasteiger partial charge in [-0.3, -0.25) is 4.98 Å². The fourth-order valence-electron chi connectivity index (χ4n) is 2.62. The smallest absolute Gasteiger partial charge is 0.244 e. The van der Waals surface area contributed by atoms with Crippen molar-refractivity contribution in [2.24, 2.45) is 5.73 Å². The van der Waals surface area contributed by atoms with E-state index < -0.39 is 10.0 Å². The number of sulfonamides is 1. The molecule has 1 aliphatic rings. The van der Waals surface area contributed by atoms with Crippen LogP contribution >= 0.6 is 0 Å². The normalized spacial score (nSPS) is 19.8. The van der Waals surface area contributed by atoms with Crippen molar-refractivity contribution in [3.63, 3.8) is 0 Å². The molecule has 0 radical (unpaired) electrons. The molecule has 0 aliphatic carbocycles. The molecule has 0 spiro atoms. The van der Waals surface area contributed by atoms with Crippen LogP contribution in [0.4, 0.5) is 0 Å².